The fourth-order valence-corrected chi connectivity index (χ4v) is 5.66. The number of ether oxygens (including phenoxy) is 1. The maximum atomic E-state index is 13.3. The van der Waals surface area contributed by atoms with Crippen LogP contribution in [0.25, 0.3) is 0 Å². The molecule has 3 heterocycles. The van der Waals surface area contributed by atoms with Gasteiger partial charge in [0.25, 0.3) is 5.91 Å². The number of rotatable bonds is 6. The number of nitrogens with zero attached hydrogens (tertiary/aromatic N) is 2. The highest BCUT2D eigenvalue weighted by molar-refractivity contribution is 5.95. The van der Waals surface area contributed by atoms with Gasteiger partial charge in [0.2, 0.25) is 0 Å². The van der Waals surface area contributed by atoms with Crippen molar-refractivity contribution in [3.05, 3.63) is 59.0 Å². The minimum atomic E-state index is 0.0930. The van der Waals surface area contributed by atoms with Crippen LogP contribution in [0, 0.1) is 12.8 Å². The van der Waals surface area contributed by atoms with Crippen molar-refractivity contribution in [2.24, 2.45) is 5.92 Å². The molecule has 1 amide bonds. The predicted octanol–water partition coefficient (Wildman–Crippen LogP) is 4.09. The van der Waals surface area contributed by atoms with Crippen molar-refractivity contribution >= 4 is 5.91 Å². The molecule has 0 radical (unpaired) electrons. The zero-order valence-electron chi connectivity index (χ0n) is 18.6. The van der Waals surface area contributed by atoms with Crippen LogP contribution in [0.3, 0.4) is 0 Å². The summed E-state index contributed by atoms with van der Waals surface area (Å²) >= 11 is 0. The van der Waals surface area contributed by atoms with Crippen LogP contribution in [-0.4, -0.2) is 60.6 Å². The molecule has 0 saturated carbocycles. The Morgan fingerprint density at radius 2 is 1.81 bits per heavy atom. The highest BCUT2D eigenvalue weighted by atomic mass is 16.5. The van der Waals surface area contributed by atoms with Crippen LogP contribution in [0.5, 0.6) is 0 Å². The number of aryl methyl sites for hydroxylation is 1. The Bertz CT molecular complexity index is 869. The van der Waals surface area contributed by atoms with E-state index in [1.165, 1.54) is 24.0 Å². The number of fused-ring (bicyclic) bond motifs is 1. The molecule has 1 unspecified atom stereocenters. The molecule has 1 aliphatic carbocycles. The Hall–Kier alpha value is -2.11. The maximum absolute atomic E-state index is 13.3. The summed E-state index contributed by atoms with van der Waals surface area (Å²) in [5.41, 5.74) is 3.75. The molecule has 2 fully saturated rings. The molecular weight excluding hydrogens is 388 g/mol. The Morgan fingerprint density at radius 1 is 1.06 bits per heavy atom. The molecule has 1 aromatic heterocycles. The van der Waals surface area contributed by atoms with Crippen LogP contribution in [0.1, 0.15) is 52.9 Å². The monoisotopic (exact) mass is 422 g/mol. The number of amides is 1. The Kier molecular flexibility index (Phi) is 6.15. The van der Waals surface area contributed by atoms with E-state index in [0.717, 1.165) is 51.9 Å². The molecule has 2 aliphatic heterocycles. The number of furan rings is 1. The smallest absolute Gasteiger partial charge is 0.257 e. The van der Waals surface area contributed by atoms with Gasteiger partial charge in [-0.05, 0) is 81.6 Å². The van der Waals surface area contributed by atoms with Gasteiger partial charge in [0.05, 0.1) is 17.9 Å². The van der Waals surface area contributed by atoms with Crippen molar-refractivity contribution in [1.82, 2.24) is 9.80 Å². The number of carbonyl (C=O) groups is 1. The predicted molar refractivity (Wildman–Crippen MR) is 120 cm³/mol. The molecule has 2 aromatic rings. The third kappa shape index (κ3) is 4.58. The summed E-state index contributed by atoms with van der Waals surface area (Å²) in [6, 6.07) is 11.4. The topological polar surface area (TPSA) is 45.9 Å². The van der Waals surface area contributed by atoms with Crippen molar-refractivity contribution in [3.8, 4) is 0 Å². The Labute approximate surface area is 185 Å². The number of benzene rings is 1. The number of piperidine rings is 1. The molecule has 0 bridgehead atoms. The molecule has 31 heavy (non-hydrogen) atoms. The van der Waals surface area contributed by atoms with E-state index >= 15 is 0 Å². The van der Waals surface area contributed by atoms with Gasteiger partial charge in [-0.3, -0.25) is 9.69 Å². The highest BCUT2D eigenvalue weighted by Crippen LogP contribution is 2.29. The number of likely N-dealkylation sites (tertiary alicyclic amines) is 1. The second kappa shape index (κ2) is 9.17. The summed E-state index contributed by atoms with van der Waals surface area (Å²) in [4.78, 5) is 18.0. The van der Waals surface area contributed by atoms with Gasteiger partial charge in [-0.2, -0.15) is 0 Å². The first-order valence-electron chi connectivity index (χ1n) is 11.9. The molecule has 5 heteroatoms. The quantitative estimate of drug-likeness (QED) is 0.704. The van der Waals surface area contributed by atoms with Gasteiger partial charge in [-0.25, -0.2) is 0 Å². The maximum Gasteiger partial charge on any atom is 0.257 e. The van der Waals surface area contributed by atoms with Gasteiger partial charge in [0.15, 0.2) is 0 Å². The lowest BCUT2D eigenvalue weighted by atomic mass is 9.94. The van der Waals surface area contributed by atoms with Gasteiger partial charge in [-0.1, -0.05) is 24.3 Å². The zero-order valence-corrected chi connectivity index (χ0v) is 18.6. The molecule has 2 saturated heterocycles. The second-order valence-corrected chi connectivity index (χ2v) is 9.55. The molecular formula is C26H34N2O3. The zero-order chi connectivity index (χ0) is 21.2. The normalized spacial score (nSPS) is 22.7. The van der Waals surface area contributed by atoms with E-state index < -0.39 is 0 Å². The van der Waals surface area contributed by atoms with Crippen molar-refractivity contribution in [2.75, 3.05) is 32.8 Å². The lowest BCUT2D eigenvalue weighted by Crippen LogP contribution is -2.46. The summed E-state index contributed by atoms with van der Waals surface area (Å²) < 4.78 is 11.3. The average molecular weight is 423 g/mol. The van der Waals surface area contributed by atoms with Gasteiger partial charge < -0.3 is 14.1 Å². The van der Waals surface area contributed by atoms with Crippen molar-refractivity contribution < 1.29 is 13.9 Å². The van der Waals surface area contributed by atoms with E-state index in [1.807, 2.05) is 11.8 Å². The summed E-state index contributed by atoms with van der Waals surface area (Å²) in [5.74, 6) is 1.35. The van der Waals surface area contributed by atoms with Gasteiger partial charge >= 0.3 is 0 Å². The van der Waals surface area contributed by atoms with Crippen LogP contribution >= 0.6 is 0 Å². The third-order valence-electron chi connectivity index (χ3n) is 7.50. The molecule has 0 N–H and O–H groups in total. The molecule has 0 spiro atoms. The molecule has 1 aromatic carbocycles. The van der Waals surface area contributed by atoms with E-state index in [2.05, 4.69) is 29.2 Å². The van der Waals surface area contributed by atoms with Crippen LogP contribution in [0.15, 0.2) is 41.0 Å². The fourth-order valence-electron chi connectivity index (χ4n) is 5.66. The van der Waals surface area contributed by atoms with E-state index in [-0.39, 0.29) is 12.0 Å². The lowest BCUT2D eigenvalue weighted by molar-refractivity contribution is 0.0428. The number of carbonyl (C=O) groups excluding carboxylic acids is 1. The summed E-state index contributed by atoms with van der Waals surface area (Å²) in [6.07, 6.45) is 8.63. The van der Waals surface area contributed by atoms with E-state index in [4.69, 9.17) is 9.15 Å². The molecule has 1 atom stereocenters. The lowest BCUT2D eigenvalue weighted by Gasteiger charge is -2.38. The van der Waals surface area contributed by atoms with Crippen LogP contribution in [0.4, 0.5) is 0 Å². The third-order valence-corrected chi connectivity index (χ3v) is 7.50. The summed E-state index contributed by atoms with van der Waals surface area (Å²) in [6.45, 7) is 6.48. The number of hydrogen-bond acceptors (Lipinski definition) is 4. The highest BCUT2D eigenvalue weighted by Gasteiger charge is 2.32. The van der Waals surface area contributed by atoms with E-state index in [9.17, 15) is 4.79 Å². The van der Waals surface area contributed by atoms with Crippen molar-refractivity contribution in [1.29, 1.82) is 0 Å². The Balaban J connectivity index is 1.19. The van der Waals surface area contributed by atoms with E-state index in [1.54, 1.807) is 12.3 Å². The standard InChI is InChI=1S/C26H34N2O3/c1-19-25(10-14-30-19)26(29)28(18-24-7-4-13-31-24)17-20-8-11-27(12-9-20)23-15-21-5-2-3-6-22(21)16-23/h2-3,5-6,10,14,20,23-24H,4,7-9,11-13,15-18H2,1H3. The van der Waals surface area contributed by atoms with Crippen LogP contribution in [0.2, 0.25) is 0 Å². The van der Waals surface area contributed by atoms with Gasteiger partial charge in [0, 0.05) is 25.7 Å². The van der Waals surface area contributed by atoms with Crippen molar-refractivity contribution in [3.63, 3.8) is 0 Å². The number of hydrogen-bond donors (Lipinski definition) is 0. The minimum Gasteiger partial charge on any atom is -0.469 e. The first-order valence-corrected chi connectivity index (χ1v) is 11.9. The minimum absolute atomic E-state index is 0.0930. The van der Waals surface area contributed by atoms with Gasteiger partial charge in [-0.15, -0.1) is 0 Å². The second-order valence-electron chi connectivity index (χ2n) is 9.55. The largest absolute Gasteiger partial charge is 0.469 e. The SMILES string of the molecule is Cc1occc1C(=O)N(CC1CCN(C2Cc3ccccc3C2)CC1)CC1CCCO1. The molecule has 5 rings (SSSR count). The fraction of sp³-hybridized carbons (Fsp3) is 0.577. The first kappa shape index (κ1) is 20.8. The molecule has 166 valence electrons. The van der Waals surface area contributed by atoms with E-state index in [0.29, 0.717) is 29.8 Å². The van der Waals surface area contributed by atoms with Gasteiger partial charge in [0.1, 0.15) is 5.76 Å². The molecule has 5 nitrogen and oxygen atoms in total. The average Bonchev–Trinajstić information content (AvgIpc) is 3.54. The summed E-state index contributed by atoms with van der Waals surface area (Å²) in [5, 5.41) is 0. The van der Waals surface area contributed by atoms with Crippen molar-refractivity contribution in [2.45, 2.75) is 57.6 Å². The summed E-state index contributed by atoms with van der Waals surface area (Å²) in [7, 11) is 0. The van der Waals surface area contributed by atoms with Crippen LogP contribution < -0.4 is 0 Å². The first-order chi connectivity index (χ1) is 15.2. The van der Waals surface area contributed by atoms with Crippen LogP contribution in [-0.2, 0) is 17.6 Å². The molecule has 3 aliphatic rings. The Morgan fingerprint density at radius 3 is 2.42 bits per heavy atom.